The molecule has 0 bridgehead atoms. The molecule has 1 atom stereocenters. The number of carboxylic acids is 1. The van der Waals surface area contributed by atoms with Crippen LogP contribution in [0.5, 0.6) is 0 Å². The molecule has 5 nitrogen and oxygen atoms in total. The highest BCUT2D eigenvalue weighted by atomic mass is 16.4. The molecule has 1 aliphatic heterocycles. The zero-order valence-corrected chi connectivity index (χ0v) is 9.54. The van der Waals surface area contributed by atoms with Crippen molar-refractivity contribution in [2.45, 2.75) is 12.8 Å². The van der Waals surface area contributed by atoms with E-state index in [2.05, 4.69) is 4.98 Å². The molecule has 1 unspecified atom stereocenters. The number of aromatic nitrogens is 1. The van der Waals surface area contributed by atoms with Crippen LogP contribution in [-0.2, 0) is 0 Å². The third-order valence-corrected chi connectivity index (χ3v) is 3.15. The Balaban J connectivity index is 2.24. The van der Waals surface area contributed by atoms with E-state index in [0.717, 1.165) is 19.4 Å². The fourth-order valence-electron chi connectivity index (χ4n) is 2.25. The summed E-state index contributed by atoms with van der Waals surface area (Å²) >= 11 is 0. The second-order valence-electron chi connectivity index (χ2n) is 4.33. The molecular formula is C12H16N2O3. The monoisotopic (exact) mass is 236 g/mol. The highest BCUT2D eigenvalue weighted by Gasteiger charge is 2.22. The van der Waals surface area contributed by atoms with Crippen molar-refractivity contribution in [2.75, 3.05) is 24.6 Å². The highest BCUT2D eigenvalue weighted by molar-refractivity contribution is 5.94. The summed E-state index contributed by atoms with van der Waals surface area (Å²) in [6.07, 6.45) is 5.04. The summed E-state index contributed by atoms with van der Waals surface area (Å²) in [6, 6.07) is 1.51. The van der Waals surface area contributed by atoms with Gasteiger partial charge in [0.1, 0.15) is 0 Å². The lowest BCUT2D eigenvalue weighted by Gasteiger charge is -2.34. The Kier molecular flexibility index (Phi) is 3.58. The largest absolute Gasteiger partial charge is 0.478 e. The second kappa shape index (κ2) is 5.14. The number of aromatic carboxylic acids is 1. The van der Waals surface area contributed by atoms with E-state index in [-0.39, 0.29) is 18.1 Å². The zero-order chi connectivity index (χ0) is 12.3. The summed E-state index contributed by atoms with van der Waals surface area (Å²) in [5.41, 5.74) is 0.928. The van der Waals surface area contributed by atoms with E-state index in [1.54, 1.807) is 6.20 Å². The van der Waals surface area contributed by atoms with Crippen LogP contribution in [0.3, 0.4) is 0 Å². The van der Waals surface area contributed by atoms with E-state index < -0.39 is 5.97 Å². The van der Waals surface area contributed by atoms with Crippen LogP contribution in [0.15, 0.2) is 18.5 Å². The summed E-state index contributed by atoms with van der Waals surface area (Å²) in [7, 11) is 0. The van der Waals surface area contributed by atoms with Gasteiger partial charge in [0, 0.05) is 25.9 Å². The molecule has 0 aliphatic carbocycles. The predicted molar refractivity (Wildman–Crippen MR) is 63.2 cm³/mol. The topological polar surface area (TPSA) is 73.7 Å². The van der Waals surface area contributed by atoms with Crippen molar-refractivity contribution in [3.8, 4) is 0 Å². The van der Waals surface area contributed by atoms with Crippen molar-refractivity contribution in [3.05, 3.63) is 24.0 Å². The Morgan fingerprint density at radius 1 is 1.59 bits per heavy atom. The molecule has 0 aromatic carbocycles. The number of nitrogens with zero attached hydrogens (tertiary/aromatic N) is 2. The third kappa shape index (κ3) is 2.55. The van der Waals surface area contributed by atoms with Gasteiger partial charge in [0.15, 0.2) is 0 Å². The molecule has 1 fully saturated rings. The molecular weight excluding hydrogens is 220 g/mol. The van der Waals surface area contributed by atoms with Crippen LogP contribution in [0, 0.1) is 5.92 Å². The number of rotatable bonds is 3. The normalized spacial score (nSPS) is 20.3. The summed E-state index contributed by atoms with van der Waals surface area (Å²) < 4.78 is 0. The first-order valence-electron chi connectivity index (χ1n) is 5.75. The fraction of sp³-hybridized carbons (Fsp3) is 0.500. The van der Waals surface area contributed by atoms with Gasteiger partial charge in [-0.05, 0) is 24.8 Å². The van der Waals surface area contributed by atoms with Gasteiger partial charge in [-0.2, -0.15) is 0 Å². The van der Waals surface area contributed by atoms with Crippen molar-refractivity contribution >= 4 is 11.7 Å². The molecule has 0 radical (unpaired) electrons. The number of aliphatic hydroxyl groups is 1. The van der Waals surface area contributed by atoms with Gasteiger partial charge < -0.3 is 15.1 Å². The Morgan fingerprint density at radius 2 is 2.41 bits per heavy atom. The molecule has 1 saturated heterocycles. The zero-order valence-electron chi connectivity index (χ0n) is 9.54. The molecule has 5 heteroatoms. The number of hydrogen-bond acceptors (Lipinski definition) is 4. The van der Waals surface area contributed by atoms with Crippen LogP contribution in [0.4, 0.5) is 5.69 Å². The van der Waals surface area contributed by atoms with Gasteiger partial charge in [-0.3, -0.25) is 4.98 Å². The molecule has 0 saturated carbocycles. The minimum Gasteiger partial charge on any atom is -0.478 e. The molecule has 2 N–H and O–H groups in total. The number of carboxylic acid groups (broad SMARTS) is 1. The van der Waals surface area contributed by atoms with Crippen molar-refractivity contribution in [1.82, 2.24) is 4.98 Å². The van der Waals surface area contributed by atoms with Gasteiger partial charge in [0.05, 0.1) is 17.4 Å². The van der Waals surface area contributed by atoms with Crippen molar-refractivity contribution in [3.63, 3.8) is 0 Å². The quantitative estimate of drug-likeness (QED) is 0.818. The molecule has 1 aromatic rings. The predicted octanol–water partition coefficient (Wildman–Crippen LogP) is 0.988. The van der Waals surface area contributed by atoms with Crippen LogP contribution in [0.1, 0.15) is 23.2 Å². The van der Waals surface area contributed by atoms with Crippen LogP contribution in [-0.4, -0.2) is 40.9 Å². The summed E-state index contributed by atoms with van der Waals surface area (Å²) in [5.74, 6) is -0.709. The van der Waals surface area contributed by atoms with Crippen LogP contribution < -0.4 is 4.90 Å². The number of anilines is 1. The first-order chi connectivity index (χ1) is 8.22. The molecule has 0 spiro atoms. The maximum absolute atomic E-state index is 11.1. The smallest absolute Gasteiger partial charge is 0.337 e. The second-order valence-corrected chi connectivity index (χ2v) is 4.33. The Bertz CT molecular complexity index is 408. The van der Waals surface area contributed by atoms with E-state index in [9.17, 15) is 9.90 Å². The number of carbonyl (C=O) groups is 1. The first kappa shape index (κ1) is 11.9. The standard InChI is InChI=1S/C12H16N2O3/c15-8-9-2-1-5-14(7-9)11-6-13-4-3-10(11)12(16)17/h3-4,6,9,15H,1-2,5,7-8H2,(H,16,17). The molecule has 92 valence electrons. The molecule has 0 amide bonds. The summed E-state index contributed by atoms with van der Waals surface area (Å²) in [4.78, 5) is 17.1. The fourth-order valence-corrected chi connectivity index (χ4v) is 2.25. The third-order valence-electron chi connectivity index (χ3n) is 3.15. The van der Waals surface area contributed by atoms with E-state index in [0.29, 0.717) is 12.2 Å². The lowest BCUT2D eigenvalue weighted by Crippen LogP contribution is -2.37. The maximum Gasteiger partial charge on any atom is 0.337 e. The average molecular weight is 236 g/mol. The number of piperidine rings is 1. The molecule has 2 heterocycles. The molecule has 1 aromatic heterocycles. The Morgan fingerprint density at radius 3 is 3.12 bits per heavy atom. The summed E-state index contributed by atoms with van der Waals surface area (Å²) in [6.45, 7) is 1.67. The molecule has 17 heavy (non-hydrogen) atoms. The van der Waals surface area contributed by atoms with E-state index in [4.69, 9.17) is 5.11 Å². The van der Waals surface area contributed by atoms with Crippen molar-refractivity contribution < 1.29 is 15.0 Å². The van der Waals surface area contributed by atoms with Gasteiger partial charge in [0.25, 0.3) is 0 Å². The maximum atomic E-state index is 11.1. The van der Waals surface area contributed by atoms with Gasteiger partial charge in [0.2, 0.25) is 0 Å². The van der Waals surface area contributed by atoms with Crippen LogP contribution >= 0.6 is 0 Å². The molecule has 2 rings (SSSR count). The minimum atomic E-state index is -0.937. The lowest BCUT2D eigenvalue weighted by molar-refractivity contribution is 0.0697. The SMILES string of the molecule is O=C(O)c1ccncc1N1CCCC(CO)C1. The molecule has 1 aliphatic rings. The van der Waals surface area contributed by atoms with Crippen LogP contribution in [0.25, 0.3) is 0 Å². The van der Waals surface area contributed by atoms with Gasteiger partial charge in [-0.1, -0.05) is 0 Å². The minimum absolute atomic E-state index is 0.152. The summed E-state index contributed by atoms with van der Waals surface area (Å²) in [5, 5.41) is 18.3. The number of hydrogen-bond donors (Lipinski definition) is 2. The van der Waals surface area contributed by atoms with Gasteiger partial charge in [-0.15, -0.1) is 0 Å². The average Bonchev–Trinajstić information content (AvgIpc) is 2.39. The number of aliphatic hydroxyl groups excluding tert-OH is 1. The van der Waals surface area contributed by atoms with E-state index in [1.807, 2.05) is 4.90 Å². The lowest BCUT2D eigenvalue weighted by atomic mass is 9.98. The Hall–Kier alpha value is -1.62. The number of pyridine rings is 1. The highest BCUT2D eigenvalue weighted by Crippen LogP contribution is 2.25. The van der Waals surface area contributed by atoms with E-state index >= 15 is 0 Å². The Labute approximate surface area is 99.7 Å². The van der Waals surface area contributed by atoms with Crippen molar-refractivity contribution in [1.29, 1.82) is 0 Å². The first-order valence-corrected chi connectivity index (χ1v) is 5.75. The van der Waals surface area contributed by atoms with Gasteiger partial charge in [-0.25, -0.2) is 4.79 Å². The van der Waals surface area contributed by atoms with Crippen LogP contribution in [0.2, 0.25) is 0 Å². The van der Waals surface area contributed by atoms with Crippen molar-refractivity contribution in [2.24, 2.45) is 5.92 Å². The van der Waals surface area contributed by atoms with E-state index in [1.165, 1.54) is 12.3 Å². The van der Waals surface area contributed by atoms with Gasteiger partial charge >= 0.3 is 5.97 Å².